The molecule has 7 heteroatoms. The first-order valence-corrected chi connectivity index (χ1v) is 12.2. The molecular formula is C30H27FN6. The standard InChI is InChI=1S/C30H27FN6/c1-37(2)17-25(32)20-12-19(13-21(31)14-20)22-6-5-8-27-23(22)16-29(34-27)30-24-15-18(9-10-28(24)35-36-30)26-7-3-4-11-33-26/h3-16,25,34H,17,32H2,1-2H3,(H,35,36). The molecular weight excluding hydrogens is 463 g/mol. The molecule has 0 saturated carbocycles. The van der Waals surface area contributed by atoms with Crippen molar-refractivity contribution in [3.05, 3.63) is 96.4 Å². The van der Waals surface area contributed by atoms with Crippen LogP contribution in [0.3, 0.4) is 0 Å². The van der Waals surface area contributed by atoms with Gasteiger partial charge in [-0.2, -0.15) is 5.10 Å². The van der Waals surface area contributed by atoms with E-state index in [0.29, 0.717) is 6.54 Å². The molecule has 0 saturated heterocycles. The van der Waals surface area contributed by atoms with Crippen LogP contribution in [0.4, 0.5) is 4.39 Å². The quantitative estimate of drug-likeness (QED) is 0.262. The second-order valence-corrected chi connectivity index (χ2v) is 9.64. The van der Waals surface area contributed by atoms with Crippen LogP contribution in [0.5, 0.6) is 0 Å². The number of rotatable bonds is 6. The van der Waals surface area contributed by atoms with Crippen molar-refractivity contribution >= 4 is 21.8 Å². The number of benzene rings is 3. The molecule has 37 heavy (non-hydrogen) atoms. The van der Waals surface area contributed by atoms with Gasteiger partial charge in [0.05, 0.1) is 16.9 Å². The van der Waals surface area contributed by atoms with E-state index in [1.54, 1.807) is 12.3 Å². The Morgan fingerprint density at radius 2 is 1.78 bits per heavy atom. The number of fused-ring (bicyclic) bond motifs is 2. The minimum atomic E-state index is -0.296. The summed E-state index contributed by atoms with van der Waals surface area (Å²) in [4.78, 5) is 10.0. The Bertz CT molecular complexity index is 1720. The van der Waals surface area contributed by atoms with E-state index in [9.17, 15) is 4.39 Å². The van der Waals surface area contributed by atoms with Crippen LogP contribution in [0, 0.1) is 5.82 Å². The first-order chi connectivity index (χ1) is 18.0. The molecule has 4 N–H and O–H groups in total. The molecule has 6 rings (SSSR count). The zero-order chi connectivity index (χ0) is 25.5. The van der Waals surface area contributed by atoms with Crippen molar-refractivity contribution in [1.29, 1.82) is 0 Å². The number of nitrogens with two attached hydrogens (primary N) is 1. The second-order valence-electron chi connectivity index (χ2n) is 9.64. The molecule has 0 aliphatic carbocycles. The monoisotopic (exact) mass is 490 g/mol. The van der Waals surface area contributed by atoms with Crippen LogP contribution in [-0.4, -0.2) is 45.7 Å². The van der Waals surface area contributed by atoms with E-state index < -0.39 is 0 Å². The fourth-order valence-corrected chi connectivity index (χ4v) is 4.93. The van der Waals surface area contributed by atoms with Gasteiger partial charge in [0.15, 0.2) is 0 Å². The van der Waals surface area contributed by atoms with Crippen LogP contribution in [0.1, 0.15) is 11.6 Å². The van der Waals surface area contributed by atoms with E-state index in [1.165, 1.54) is 6.07 Å². The molecule has 0 aliphatic rings. The molecule has 0 fully saturated rings. The van der Waals surface area contributed by atoms with Crippen molar-refractivity contribution in [2.24, 2.45) is 5.73 Å². The Kier molecular flexibility index (Phi) is 5.79. The molecule has 0 spiro atoms. The number of H-pyrrole nitrogens is 2. The largest absolute Gasteiger partial charge is 0.353 e. The number of hydrogen-bond donors (Lipinski definition) is 3. The van der Waals surface area contributed by atoms with Crippen LogP contribution in [-0.2, 0) is 0 Å². The molecule has 0 bridgehead atoms. The highest BCUT2D eigenvalue weighted by molar-refractivity contribution is 6.01. The molecule has 1 atom stereocenters. The molecule has 3 aromatic carbocycles. The maximum Gasteiger partial charge on any atom is 0.124 e. The number of halogens is 1. The van der Waals surface area contributed by atoms with Gasteiger partial charge in [-0.1, -0.05) is 24.3 Å². The minimum absolute atomic E-state index is 0.283. The Hall–Kier alpha value is -4.33. The smallest absolute Gasteiger partial charge is 0.124 e. The van der Waals surface area contributed by atoms with Gasteiger partial charge in [-0.15, -0.1) is 0 Å². The average Bonchev–Trinajstić information content (AvgIpc) is 3.52. The summed E-state index contributed by atoms with van der Waals surface area (Å²) in [7, 11) is 3.92. The third-order valence-corrected chi connectivity index (χ3v) is 6.66. The lowest BCUT2D eigenvalue weighted by Crippen LogP contribution is -2.26. The second kappa shape index (κ2) is 9.28. The average molecular weight is 491 g/mol. The summed E-state index contributed by atoms with van der Waals surface area (Å²) in [5.41, 5.74) is 14.4. The van der Waals surface area contributed by atoms with Crippen LogP contribution in [0.15, 0.2) is 85.1 Å². The van der Waals surface area contributed by atoms with Gasteiger partial charge in [-0.3, -0.25) is 10.1 Å². The summed E-state index contributed by atoms with van der Waals surface area (Å²) >= 11 is 0. The van der Waals surface area contributed by atoms with Gasteiger partial charge in [-0.05, 0) is 85.4 Å². The van der Waals surface area contributed by atoms with Crippen molar-refractivity contribution in [3.63, 3.8) is 0 Å². The van der Waals surface area contributed by atoms with Crippen LogP contribution in [0.25, 0.3) is 55.6 Å². The van der Waals surface area contributed by atoms with Gasteiger partial charge in [-0.25, -0.2) is 4.39 Å². The Balaban J connectivity index is 1.45. The van der Waals surface area contributed by atoms with E-state index >= 15 is 0 Å². The van der Waals surface area contributed by atoms with Crippen LogP contribution in [0.2, 0.25) is 0 Å². The number of nitrogens with one attached hydrogen (secondary N) is 2. The molecule has 0 amide bonds. The number of pyridine rings is 1. The predicted molar refractivity (Wildman–Crippen MR) is 147 cm³/mol. The number of aromatic nitrogens is 4. The Morgan fingerprint density at radius 3 is 2.59 bits per heavy atom. The highest BCUT2D eigenvalue weighted by Crippen LogP contribution is 2.36. The molecule has 3 heterocycles. The van der Waals surface area contributed by atoms with E-state index in [1.807, 2.05) is 73.6 Å². The van der Waals surface area contributed by atoms with Crippen LogP contribution < -0.4 is 5.73 Å². The first kappa shape index (κ1) is 23.1. The van der Waals surface area contributed by atoms with E-state index in [-0.39, 0.29) is 11.9 Å². The highest BCUT2D eigenvalue weighted by Gasteiger charge is 2.16. The summed E-state index contributed by atoms with van der Waals surface area (Å²) in [6, 6.07) is 24.9. The summed E-state index contributed by atoms with van der Waals surface area (Å²) < 4.78 is 14.7. The molecule has 184 valence electrons. The van der Waals surface area contributed by atoms with Crippen molar-refractivity contribution in [2.75, 3.05) is 20.6 Å². The molecule has 0 aliphatic heterocycles. The van der Waals surface area contributed by atoms with E-state index in [2.05, 4.69) is 32.3 Å². The van der Waals surface area contributed by atoms with Crippen molar-refractivity contribution in [2.45, 2.75) is 6.04 Å². The van der Waals surface area contributed by atoms with Gasteiger partial charge in [0, 0.05) is 40.6 Å². The van der Waals surface area contributed by atoms with Gasteiger partial charge >= 0.3 is 0 Å². The SMILES string of the molecule is CN(C)CC(N)c1cc(F)cc(-c2cccc3[nH]c(-c4n[nH]c5ccc(-c6ccccn6)cc45)cc23)c1. The lowest BCUT2D eigenvalue weighted by atomic mass is 9.97. The van der Waals surface area contributed by atoms with Gasteiger partial charge in [0.1, 0.15) is 11.5 Å². The topological polar surface area (TPSA) is 86.6 Å². The van der Waals surface area contributed by atoms with Gasteiger partial charge < -0.3 is 15.6 Å². The lowest BCUT2D eigenvalue weighted by molar-refractivity contribution is 0.376. The Morgan fingerprint density at radius 1 is 0.892 bits per heavy atom. The number of hydrogen-bond acceptors (Lipinski definition) is 4. The first-order valence-electron chi connectivity index (χ1n) is 12.2. The third kappa shape index (κ3) is 4.39. The maximum atomic E-state index is 14.7. The van der Waals surface area contributed by atoms with Crippen molar-refractivity contribution in [3.8, 4) is 33.8 Å². The molecule has 0 radical (unpaired) electrons. The molecule has 1 unspecified atom stereocenters. The lowest BCUT2D eigenvalue weighted by Gasteiger charge is -2.18. The maximum absolute atomic E-state index is 14.7. The summed E-state index contributed by atoms with van der Waals surface area (Å²) in [6.07, 6.45) is 1.79. The van der Waals surface area contributed by atoms with Crippen molar-refractivity contribution in [1.82, 2.24) is 25.1 Å². The van der Waals surface area contributed by atoms with Crippen LogP contribution >= 0.6 is 0 Å². The highest BCUT2D eigenvalue weighted by atomic mass is 19.1. The Labute approximate surface area is 214 Å². The third-order valence-electron chi connectivity index (χ3n) is 6.66. The molecule has 6 nitrogen and oxygen atoms in total. The van der Waals surface area contributed by atoms with E-state index in [0.717, 1.165) is 61.1 Å². The summed E-state index contributed by atoms with van der Waals surface area (Å²) in [5.74, 6) is -0.296. The van der Waals surface area contributed by atoms with Crippen molar-refractivity contribution < 1.29 is 4.39 Å². The normalized spacial score (nSPS) is 12.6. The predicted octanol–water partition coefficient (Wildman–Crippen LogP) is 6.14. The fourth-order valence-electron chi connectivity index (χ4n) is 4.93. The number of aromatic amines is 2. The zero-order valence-corrected chi connectivity index (χ0v) is 20.7. The summed E-state index contributed by atoms with van der Waals surface area (Å²) in [6.45, 7) is 0.633. The number of nitrogens with zero attached hydrogens (tertiary/aromatic N) is 3. The number of likely N-dealkylation sites (N-methyl/N-ethyl adjacent to an activating group) is 1. The molecule has 6 aromatic rings. The minimum Gasteiger partial charge on any atom is -0.353 e. The van der Waals surface area contributed by atoms with Gasteiger partial charge in [0.25, 0.3) is 0 Å². The summed E-state index contributed by atoms with van der Waals surface area (Å²) in [5, 5.41) is 9.75. The van der Waals surface area contributed by atoms with Gasteiger partial charge in [0.2, 0.25) is 0 Å². The zero-order valence-electron chi connectivity index (χ0n) is 20.7. The molecule has 3 aromatic heterocycles. The fraction of sp³-hybridized carbons (Fsp3) is 0.133. The van der Waals surface area contributed by atoms with E-state index in [4.69, 9.17) is 5.73 Å².